The second kappa shape index (κ2) is 4.53. The third-order valence-electron chi connectivity index (χ3n) is 4.31. The number of urea groups is 1. The number of rotatable bonds is 1. The monoisotopic (exact) mass is 293 g/mol. The Balaban J connectivity index is 2.04. The molecule has 8 heteroatoms. The van der Waals surface area contributed by atoms with Gasteiger partial charge in [-0.3, -0.25) is 4.79 Å². The van der Waals surface area contributed by atoms with Crippen LogP contribution in [0.2, 0.25) is 0 Å². The van der Waals surface area contributed by atoms with Crippen LogP contribution in [0.5, 0.6) is 0 Å². The number of primary amides is 1. The summed E-state index contributed by atoms with van der Waals surface area (Å²) in [5.41, 5.74) is 4.12. The summed E-state index contributed by atoms with van der Waals surface area (Å²) in [6, 6.07) is -1.08. The van der Waals surface area contributed by atoms with Gasteiger partial charge in [0, 0.05) is 19.1 Å². The molecule has 0 radical (unpaired) electrons. The van der Waals surface area contributed by atoms with Crippen molar-refractivity contribution in [2.75, 3.05) is 13.1 Å². The number of alkyl halides is 3. The zero-order chi connectivity index (χ0) is 15.3. The molecule has 0 unspecified atom stereocenters. The van der Waals surface area contributed by atoms with Gasteiger partial charge >= 0.3 is 12.2 Å². The number of carbonyl (C=O) groups is 2. The van der Waals surface area contributed by atoms with Crippen molar-refractivity contribution in [2.24, 2.45) is 11.7 Å². The van der Waals surface area contributed by atoms with E-state index in [4.69, 9.17) is 5.73 Å². The molecule has 0 aromatic rings. The number of nitrogens with two attached hydrogens (primary N) is 1. The SMILES string of the molecule is CC1(C)C(=O)N(C2CC(C(F)(F)F)C2)CCN1C(N)=O. The van der Waals surface area contributed by atoms with Crippen molar-refractivity contribution in [3.05, 3.63) is 0 Å². The lowest BCUT2D eigenvalue weighted by molar-refractivity contribution is -0.210. The minimum Gasteiger partial charge on any atom is -0.351 e. The van der Waals surface area contributed by atoms with Crippen molar-refractivity contribution in [1.82, 2.24) is 9.80 Å². The molecule has 114 valence electrons. The third-order valence-corrected chi connectivity index (χ3v) is 4.31. The number of piperazine rings is 1. The highest BCUT2D eigenvalue weighted by atomic mass is 19.4. The van der Waals surface area contributed by atoms with Crippen LogP contribution in [0.25, 0.3) is 0 Å². The smallest absolute Gasteiger partial charge is 0.351 e. The van der Waals surface area contributed by atoms with E-state index in [2.05, 4.69) is 0 Å². The van der Waals surface area contributed by atoms with E-state index in [0.29, 0.717) is 0 Å². The van der Waals surface area contributed by atoms with E-state index in [1.165, 1.54) is 9.80 Å². The van der Waals surface area contributed by atoms with Crippen LogP contribution in [-0.4, -0.2) is 52.6 Å². The number of halogens is 3. The van der Waals surface area contributed by atoms with Gasteiger partial charge in [-0.15, -0.1) is 0 Å². The summed E-state index contributed by atoms with van der Waals surface area (Å²) < 4.78 is 37.5. The van der Waals surface area contributed by atoms with E-state index in [1.54, 1.807) is 13.8 Å². The number of amides is 3. The predicted molar refractivity (Wildman–Crippen MR) is 64.6 cm³/mol. The topological polar surface area (TPSA) is 66.6 Å². The first-order valence-electron chi connectivity index (χ1n) is 6.50. The summed E-state index contributed by atoms with van der Waals surface area (Å²) in [5.74, 6) is -1.66. The van der Waals surface area contributed by atoms with Gasteiger partial charge in [-0.2, -0.15) is 13.2 Å². The van der Waals surface area contributed by atoms with Crippen molar-refractivity contribution in [1.29, 1.82) is 0 Å². The lowest BCUT2D eigenvalue weighted by atomic mass is 9.77. The summed E-state index contributed by atoms with van der Waals surface area (Å²) in [6.45, 7) is 3.61. The van der Waals surface area contributed by atoms with Crippen LogP contribution in [0.15, 0.2) is 0 Å². The molecule has 0 aromatic heterocycles. The first-order chi connectivity index (χ1) is 9.05. The molecule has 0 atom stereocenters. The van der Waals surface area contributed by atoms with E-state index in [1.807, 2.05) is 0 Å². The Morgan fingerprint density at radius 2 is 1.85 bits per heavy atom. The molecule has 0 bridgehead atoms. The van der Waals surface area contributed by atoms with Crippen molar-refractivity contribution in [2.45, 2.75) is 44.4 Å². The maximum Gasteiger partial charge on any atom is 0.391 e. The van der Waals surface area contributed by atoms with Crippen molar-refractivity contribution in [3.8, 4) is 0 Å². The van der Waals surface area contributed by atoms with Crippen molar-refractivity contribution >= 4 is 11.9 Å². The third kappa shape index (κ3) is 2.31. The Bertz CT molecular complexity index is 430. The van der Waals surface area contributed by atoms with Gasteiger partial charge in [-0.25, -0.2) is 4.79 Å². The number of nitrogens with zero attached hydrogens (tertiary/aromatic N) is 2. The highest BCUT2D eigenvalue weighted by molar-refractivity contribution is 5.91. The fourth-order valence-electron chi connectivity index (χ4n) is 2.90. The van der Waals surface area contributed by atoms with Crippen LogP contribution in [0, 0.1) is 5.92 Å². The van der Waals surface area contributed by atoms with Gasteiger partial charge in [0.25, 0.3) is 0 Å². The summed E-state index contributed by atoms with van der Waals surface area (Å²) in [5, 5.41) is 0. The van der Waals surface area contributed by atoms with Crippen LogP contribution in [0.4, 0.5) is 18.0 Å². The average Bonchev–Trinajstić information content (AvgIpc) is 2.19. The van der Waals surface area contributed by atoms with Gasteiger partial charge < -0.3 is 15.5 Å². The van der Waals surface area contributed by atoms with Crippen LogP contribution < -0.4 is 5.73 Å². The Morgan fingerprint density at radius 1 is 1.30 bits per heavy atom. The molecular weight excluding hydrogens is 275 g/mol. The minimum absolute atomic E-state index is 0.0537. The van der Waals surface area contributed by atoms with E-state index in [9.17, 15) is 22.8 Å². The lowest BCUT2D eigenvalue weighted by Gasteiger charge is -2.51. The molecule has 2 rings (SSSR count). The Kier molecular flexibility index (Phi) is 3.38. The van der Waals surface area contributed by atoms with Crippen LogP contribution in [0.3, 0.4) is 0 Å². The van der Waals surface area contributed by atoms with E-state index in [-0.39, 0.29) is 37.9 Å². The average molecular weight is 293 g/mol. The van der Waals surface area contributed by atoms with Crippen molar-refractivity contribution in [3.63, 3.8) is 0 Å². The second-order valence-electron chi connectivity index (χ2n) is 5.91. The predicted octanol–water partition coefficient (Wildman–Crippen LogP) is 1.33. The molecule has 3 amide bonds. The minimum atomic E-state index is -4.19. The summed E-state index contributed by atoms with van der Waals surface area (Å²) in [4.78, 5) is 26.4. The number of hydrogen-bond acceptors (Lipinski definition) is 2. The molecule has 1 saturated carbocycles. The zero-order valence-electron chi connectivity index (χ0n) is 11.4. The molecule has 2 N–H and O–H groups in total. The molecule has 1 saturated heterocycles. The Morgan fingerprint density at radius 3 is 2.30 bits per heavy atom. The number of hydrogen-bond donors (Lipinski definition) is 1. The van der Waals surface area contributed by atoms with Crippen LogP contribution >= 0.6 is 0 Å². The second-order valence-corrected chi connectivity index (χ2v) is 5.91. The molecule has 5 nitrogen and oxygen atoms in total. The molecule has 1 aliphatic heterocycles. The van der Waals surface area contributed by atoms with Gasteiger partial charge in [0.05, 0.1) is 5.92 Å². The normalized spacial score (nSPS) is 30.1. The first kappa shape index (κ1) is 14.9. The van der Waals surface area contributed by atoms with Gasteiger partial charge in [0.1, 0.15) is 5.54 Å². The molecule has 1 aliphatic carbocycles. The maximum atomic E-state index is 12.5. The highest BCUT2D eigenvalue weighted by Gasteiger charge is 2.53. The van der Waals surface area contributed by atoms with Crippen LogP contribution in [-0.2, 0) is 4.79 Å². The summed E-state index contributed by atoms with van der Waals surface area (Å²) >= 11 is 0. The first-order valence-corrected chi connectivity index (χ1v) is 6.50. The molecular formula is C12H18F3N3O2. The van der Waals surface area contributed by atoms with E-state index >= 15 is 0 Å². The molecule has 2 aliphatic rings. The molecule has 1 heterocycles. The maximum absolute atomic E-state index is 12.5. The molecule has 2 fully saturated rings. The van der Waals surface area contributed by atoms with Gasteiger partial charge in [0.2, 0.25) is 5.91 Å². The van der Waals surface area contributed by atoms with Crippen LogP contribution in [0.1, 0.15) is 26.7 Å². The Hall–Kier alpha value is -1.47. The molecule has 0 aromatic carbocycles. The lowest BCUT2D eigenvalue weighted by Crippen LogP contribution is -2.68. The van der Waals surface area contributed by atoms with Gasteiger partial charge in [-0.1, -0.05) is 0 Å². The quantitative estimate of drug-likeness (QED) is 0.792. The molecule has 0 spiro atoms. The van der Waals surface area contributed by atoms with E-state index < -0.39 is 23.7 Å². The number of carbonyl (C=O) groups excluding carboxylic acids is 2. The van der Waals surface area contributed by atoms with Gasteiger partial charge in [0.15, 0.2) is 0 Å². The highest BCUT2D eigenvalue weighted by Crippen LogP contribution is 2.44. The van der Waals surface area contributed by atoms with Gasteiger partial charge in [-0.05, 0) is 26.7 Å². The van der Waals surface area contributed by atoms with E-state index in [0.717, 1.165) is 0 Å². The zero-order valence-corrected chi connectivity index (χ0v) is 11.4. The fourth-order valence-corrected chi connectivity index (χ4v) is 2.90. The summed E-state index contributed by atoms with van der Waals surface area (Å²) in [6.07, 6.45) is -4.30. The molecule has 20 heavy (non-hydrogen) atoms. The Labute approximate surface area is 114 Å². The summed E-state index contributed by atoms with van der Waals surface area (Å²) in [7, 11) is 0. The largest absolute Gasteiger partial charge is 0.391 e. The standard InChI is InChI=1S/C12H18F3N3O2/c1-11(2)9(19)17(3-4-18(11)10(16)20)8-5-7(6-8)12(13,14)15/h7-8H,3-6H2,1-2H3,(H2,16,20). The van der Waals surface area contributed by atoms with Crippen molar-refractivity contribution < 1.29 is 22.8 Å². The fraction of sp³-hybridized carbons (Fsp3) is 0.833.